The van der Waals surface area contributed by atoms with Crippen molar-refractivity contribution in [3.05, 3.63) is 35.2 Å². The van der Waals surface area contributed by atoms with E-state index in [4.69, 9.17) is 4.74 Å². The summed E-state index contributed by atoms with van der Waals surface area (Å²) in [5.41, 5.74) is 0.355. The van der Waals surface area contributed by atoms with E-state index in [0.717, 1.165) is 4.47 Å². The van der Waals surface area contributed by atoms with Crippen molar-refractivity contribution in [3.8, 4) is 5.75 Å². The number of aryl methyl sites for hydroxylation is 1. The Morgan fingerprint density at radius 2 is 2.20 bits per heavy atom. The van der Waals surface area contributed by atoms with Gasteiger partial charge in [-0.05, 0) is 25.1 Å². The summed E-state index contributed by atoms with van der Waals surface area (Å²) >= 11 is 3.29. The van der Waals surface area contributed by atoms with Gasteiger partial charge in [0.05, 0.1) is 19.1 Å². The van der Waals surface area contributed by atoms with Crippen LogP contribution in [0.2, 0.25) is 0 Å². The molecule has 0 atom stereocenters. The summed E-state index contributed by atoms with van der Waals surface area (Å²) in [6.07, 6.45) is 2.96. The molecule has 0 fully saturated rings. The van der Waals surface area contributed by atoms with Crippen molar-refractivity contribution in [1.29, 1.82) is 0 Å². The number of halogens is 1. The second-order valence-electron chi connectivity index (χ2n) is 3.99. The summed E-state index contributed by atoms with van der Waals surface area (Å²) in [5.74, 6) is 0.437. The highest BCUT2D eigenvalue weighted by Gasteiger charge is 2.19. The third kappa shape index (κ3) is 3.13. The third-order valence-electron chi connectivity index (χ3n) is 2.66. The van der Waals surface area contributed by atoms with Gasteiger partial charge in [0, 0.05) is 17.2 Å². The molecule has 0 radical (unpaired) electrons. The lowest BCUT2D eigenvalue weighted by Gasteiger charge is -2.10. The lowest BCUT2D eigenvalue weighted by atomic mass is 10.3. The average Bonchev–Trinajstić information content (AvgIpc) is 2.88. The Morgan fingerprint density at radius 1 is 1.45 bits per heavy atom. The monoisotopic (exact) mass is 359 g/mol. The van der Waals surface area contributed by atoms with Crippen LogP contribution in [0.3, 0.4) is 0 Å². The molecular weight excluding hydrogens is 346 g/mol. The van der Waals surface area contributed by atoms with Gasteiger partial charge in [-0.2, -0.15) is 8.42 Å². The van der Waals surface area contributed by atoms with Crippen molar-refractivity contribution >= 4 is 31.6 Å². The molecule has 0 spiro atoms. The van der Waals surface area contributed by atoms with E-state index in [1.807, 2.05) is 6.92 Å². The highest BCUT2D eigenvalue weighted by molar-refractivity contribution is 9.10. The number of hydrogen-bond donors (Lipinski definition) is 1. The summed E-state index contributed by atoms with van der Waals surface area (Å²) in [5, 5.41) is -0.0265. The van der Waals surface area contributed by atoms with Crippen LogP contribution in [-0.4, -0.2) is 25.1 Å². The first kappa shape index (κ1) is 14.9. The maximum atomic E-state index is 12.3. The largest absolute Gasteiger partial charge is 0.495 e. The van der Waals surface area contributed by atoms with E-state index in [2.05, 4.69) is 25.6 Å². The van der Waals surface area contributed by atoms with Gasteiger partial charge in [0.2, 0.25) is 0 Å². The average molecular weight is 360 g/mol. The van der Waals surface area contributed by atoms with E-state index in [1.165, 1.54) is 19.6 Å². The molecule has 6 nitrogen and oxygen atoms in total. The van der Waals surface area contributed by atoms with Crippen LogP contribution in [0.1, 0.15) is 6.92 Å². The summed E-state index contributed by atoms with van der Waals surface area (Å²) in [6, 6.07) is 5.07. The normalized spacial score (nSPS) is 11.3. The van der Waals surface area contributed by atoms with E-state index in [1.54, 1.807) is 22.8 Å². The molecule has 2 aromatic rings. The molecule has 0 saturated heterocycles. The number of imidazole rings is 1. The molecule has 0 unspecified atom stereocenters. The number of anilines is 1. The van der Waals surface area contributed by atoms with E-state index < -0.39 is 10.0 Å². The fraction of sp³-hybridized carbons (Fsp3) is 0.250. The van der Waals surface area contributed by atoms with Gasteiger partial charge < -0.3 is 9.30 Å². The number of nitrogens with zero attached hydrogens (tertiary/aromatic N) is 2. The van der Waals surface area contributed by atoms with Crippen LogP contribution < -0.4 is 9.46 Å². The number of nitrogens with one attached hydrogen (secondary N) is 1. The lowest BCUT2D eigenvalue weighted by Crippen LogP contribution is -2.14. The fourth-order valence-electron chi connectivity index (χ4n) is 1.61. The Morgan fingerprint density at radius 3 is 2.80 bits per heavy atom. The number of rotatable bonds is 5. The number of benzene rings is 1. The Bertz CT molecular complexity index is 712. The van der Waals surface area contributed by atoms with Crippen molar-refractivity contribution < 1.29 is 13.2 Å². The lowest BCUT2D eigenvalue weighted by molar-refractivity contribution is 0.417. The van der Waals surface area contributed by atoms with Gasteiger partial charge in [-0.1, -0.05) is 15.9 Å². The first-order valence-corrected chi connectivity index (χ1v) is 8.12. The first-order valence-electron chi connectivity index (χ1n) is 5.84. The molecule has 1 N–H and O–H groups in total. The van der Waals surface area contributed by atoms with Crippen LogP contribution in [0.15, 0.2) is 40.2 Å². The van der Waals surface area contributed by atoms with Gasteiger partial charge in [0.25, 0.3) is 10.0 Å². The number of sulfonamides is 1. The maximum Gasteiger partial charge on any atom is 0.281 e. The number of hydrogen-bond acceptors (Lipinski definition) is 4. The van der Waals surface area contributed by atoms with Gasteiger partial charge in [-0.15, -0.1) is 0 Å². The molecule has 0 aliphatic carbocycles. The van der Waals surface area contributed by atoms with E-state index in [9.17, 15) is 8.42 Å². The minimum absolute atomic E-state index is 0.0265. The second-order valence-corrected chi connectivity index (χ2v) is 6.54. The zero-order chi connectivity index (χ0) is 14.8. The first-order chi connectivity index (χ1) is 9.46. The van der Waals surface area contributed by atoms with Crippen molar-refractivity contribution in [2.75, 3.05) is 11.8 Å². The fourth-order valence-corrected chi connectivity index (χ4v) is 2.98. The third-order valence-corrected chi connectivity index (χ3v) is 4.40. The molecule has 108 valence electrons. The maximum absolute atomic E-state index is 12.3. The number of ether oxygens (including phenoxy) is 1. The minimum atomic E-state index is -3.73. The summed E-state index contributed by atoms with van der Waals surface area (Å²) in [6.45, 7) is 2.56. The van der Waals surface area contributed by atoms with Crippen molar-refractivity contribution in [1.82, 2.24) is 9.55 Å². The van der Waals surface area contributed by atoms with Crippen LogP contribution >= 0.6 is 15.9 Å². The summed E-state index contributed by atoms with van der Waals surface area (Å²) in [7, 11) is -2.26. The molecule has 0 aliphatic rings. The van der Waals surface area contributed by atoms with E-state index in [0.29, 0.717) is 18.0 Å². The van der Waals surface area contributed by atoms with Gasteiger partial charge in [0.1, 0.15) is 5.75 Å². The zero-order valence-corrected chi connectivity index (χ0v) is 13.4. The Balaban J connectivity index is 2.35. The minimum Gasteiger partial charge on any atom is -0.495 e. The predicted molar refractivity (Wildman–Crippen MR) is 79.4 cm³/mol. The SMILES string of the molecule is CCn1cnc(S(=O)(=O)Nc2cc(Br)ccc2OC)c1. The molecule has 20 heavy (non-hydrogen) atoms. The van der Waals surface area contributed by atoms with Crippen LogP contribution in [-0.2, 0) is 16.6 Å². The number of aromatic nitrogens is 2. The zero-order valence-electron chi connectivity index (χ0n) is 11.0. The molecule has 0 amide bonds. The molecule has 1 aromatic heterocycles. The van der Waals surface area contributed by atoms with Crippen molar-refractivity contribution in [2.24, 2.45) is 0 Å². The molecule has 0 aliphatic heterocycles. The van der Waals surface area contributed by atoms with Gasteiger partial charge in [0.15, 0.2) is 5.03 Å². The molecule has 8 heteroatoms. The molecule has 1 heterocycles. The second kappa shape index (κ2) is 5.84. The molecular formula is C12H14BrN3O3S. The standard InChI is InChI=1S/C12H14BrN3O3S/c1-3-16-7-12(14-8-16)20(17,18)15-10-6-9(13)4-5-11(10)19-2/h4-8,15H,3H2,1-2H3. The number of methoxy groups -OCH3 is 1. The molecule has 2 rings (SSSR count). The quantitative estimate of drug-likeness (QED) is 0.889. The predicted octanol–water partition coefficient (Wildman–Crippen LogP) is 2.47. The smallest absolute Gasteiger partial charge is 0.281 e. The topological polar surface area (TPSA) is 73.2 Å². The van der Waals surface area contributed by atoms with Gasteiger partial charge >= 0.3 is 0 Å². The van der Waals surface area contributed by atoms with E-state index >= 15 is 0 Å². The van der Waals surface area contributed by atoms with Crippen LogP contribution in [0.4, 0.5) is 5.69 Å². The van der Waals surface area contributed by atoms with E-state index in [-0.39, 0.29) is 5.03 Å². The van der Waals surface area contributed by atoms with Crippen molar-refractivity contribution in [3.63, 3.8) is 0 Å². The summed E-state index contributed by atoms with van der Waals surface area (Å²) in [4.78, 5) is 3.89. The van der Waals surface area contributed by atoms with Crippen LogP contribution in [0.25, 0.3) is 0 Å². The Hall–Kier alpha value is -1.54. The Kier molecular flexibility index (Phi) is 4.34. The van der Waals surface area contributed by atoms with Gasteiger partial charge in [-0.25, -0.2) is 4.98 Å². The molecule has 0 saturated carbocycles. The van der Waals surface area contributed by atoms with Crippen LogP contribution in [0, 0.1) is 0 Å². The molecule has 0 bridgehead atoms. The highest BCUT2D eigenvalue weighted by Crippen LogP contribution is 2.29. The van der Waals surface area contributed by atoms with Crippen LogP contribution in [0.5, 0.6) is 5.75 Å². The highest BCUT2D eigenvalue weighted by atomic mass is 79.9. The van der Waals surface area contributed by atoms with Crippen molar-refractivity contribution in [2.45, 2.75) is 18.5 Å². The molecule has 1 aromatic carbocycles. The van der Waals surface area contributed by atoms with Gasteiger partial charge in [-0.3, -0.25) is 4.72 Å². The summed E-state index contributed by atoms with van der Waals surface area (Å²) < 4.78 is 34.5. The Labute approximate surface area is 126 Å².